The maximum absolute atomic E-state index is 5.68. The summed E-state index contributed by atoms with van der Waals surface area (Å²) in [6.07, 6.45) is 2.71. The van der Waals surface area contributed by atoms with Crippen molar-refractivity contribution < 1.29 is 0 Å². The van der Waals surface area contributed by atoms with Gasteiger partial charge in [-0.25, -0.2) is 0 Å². The summed E-state index contributed by atoms with van der Waals surface area (Å²) in [4.78, 5) is 1.45. The zero-order chi connectivity index (χ0) is 7.14. The molecule has 1 nitrogen and oxygen atoms in total. The lowest BCUT2D eigenvalue weighted by molar-refractivity contribution is 1.18. The highest BCUT2D eigenvalue weighted by Gasteiger charge is 2.25. The van der Waals surface area contributed by atoms with Crippen LogP contribution in [0, 0.1) is 0 Å². The van der Waals surface area contributed by atoms with E-state index in [2.05, 4.69) is 22.0 Å². The van der Waals surface area contributed by atoms with Gasteiger partial charge in [0.1, 0.15) is 5.00 Å². The molecule has 1 saturated carbocycles. The molecule has 0 aromatic carbocycles. The summed E-state index contributed by atoms with van der Waals surface area (Å²) < 4.78 is 1.07. The van der Waals surface area contributed by atoms with Crippen molar-refractivity contribution in [1.29, 1.82) is 0 Å². The molecule has 1 fully saturated rings. The number of nitrogens with two attached hydrogens (primary N) is 1. The van der Waals surface area contributed by atoms with Gasteiger partial charge in [-0.3, -0.25) is 0 Å². The first-order valence-corrected chi connectivity index (χ1v) is 4.93. The fourth-order valence-corrected chi connectivity index (χ4v) is 2.60. The van der Waals surface area contributed by atoms with Crippen molar-refractivity contribution in [1.82, 2.24) is 0 Å². The van der Waals surface area contributed by atoms with Gasteiger partial charge >= 0.3 is 0 Å². The van der Waals surface area contributed by atoms with Crippen molar-refractivity contribution in [3.8, 4) is 0 Å². The molecular formula is C7H8BrNS. The Bertz CT molecular complexity index is 233. The van der Waals surface area contributed by atoms with Crippen molar-refractivity contribution >= 4 is 32.3 Å². The summed E-state index contributed by atoms with van der Waals surface area (Å²) in [6.45, 7) is 0. The third-order valence-electron chi connectivity index (χ3n) is 1.71. The van der Waals surface area contributed by atoms with Crippen LogP contribution in [0.5, 0.6) is 0 Å². The minimum absolute atomic E-state index is 0.832. The molecule has 0 bridgehead atoms. The van der Waals surface area contributed by atoms with E-state index in [1.54, 1.807) is 11.3 Å². The van der Waals surface area contributed by atoms with E-state index < -0.39 is 0 Å². The minimum atomic E-state index is 0.832. The first-order valence-electron chi connectivity index (χ1n) is 3.32. The SMILES string of the molecule is Nc1sc(C2CC2)cc1Br. The standard InChI is InChI=1S/C7H8BrNS/c8-5-3-6(4-1-2-4)10-7(5)9/h3-4H,1-2,9H2. The van der Waals surface area contributed by atoms with Gasteiger partial charge in [-0.2, -0.15) is 0 Å². The third-order valence-corrected chi connectivity index (χ3v) is 3.76. The molecule has 1 aromatic rings. The smallest absolute Gasteiger partial charge is 0.100 e. The van der Waals surface area contributed by atoms with Crippen molar-refractivity contribution in [2.75, 3.05) is 5.73 Å². The van der Waals surface area contributed by atoms with E-state index in [9.17, 15) is 0 Å². The van der Waals surface area contributed by atoms with Crippen molar-refractivity contribution in [3.05, 3.63) is 15.4 Å². The van der Waals surface area contributed by atoms with E-state index in [-0.39, 0.29) is 0 Å². The van der Waals surface area contributed by atoms with Gasteiger partial charge < -0.3 is 5.73 Å². The Morgan fingerprint density at radius 3 is 2.70 bits per heavy atom. The molecule has 1 heterocycles. The maximum Gasteiger partial charge on any atom is 0.100 e. The van der Waals surface area contributed by atoms with Crippen LogP contribution < -0.4 is 5.73 Å². The second kappa shape index (κ2) is 2.24. The summed E-state index contributed by atoms with van der Waals surface area (Å²) in [6, 6.07) is 2.15. The Labute approximate surface area is 72.4 Å². The van der Waals surface area contributed by atoms with Crippen LogP contribution in [0.2, 0.25) is 0 Å². The van der Waals surface area contributed by atoms with Crippen molar-refractivity contribution in [2.45, 2.75) is 18.8 Å². The zero-order valence-corrected chi connectivity index (χ0v) is 7.83. The summed E-state index contributed by atoms with van der Waals surface area (Å²) in [5.41, 5.74) is 5.68. The third kappa shape index (κ3) is 1.08. The highest BCUT2D eigenvalue weighted by atomic mass is 79.9. The normalized spacial score (nSPS) is 17.7. The number of hydrogen-bond donors (Lipinski definition) is 1. The summed E-state index contributed by atoms with van der Waals surface area (Å²) in [5.74, 6) is 0.832. The average molecular weight is 218 g/mol. The van der Waals surface area contributed by atoms with Gasteiger partial charge in [0, 0.05) is 4.88 Å². The topological polar surface area (TPSA) is 26.0 Å². The average Bonchev–Trinajstić information content (AvgIpc) is 2.64. The first-order chi connectivity index (χ1) is 4.77. The molecule has 0 aliphatic heterocycles. The predicted octanol–water partition coefficient (Wildman–Crippen LogP) is 2.97. The van der Waals surface area contributed by atoms with E-state index in [1.807, 2.05) is 0 Å². The van der Waals surface area contributed by atoms with Crippen molar-refractivity contribution in [2.24, 2.45) is 0 Å². The van der Waals surface area contributed by atoms with Gasteiger partial charge in [0.2, 0.25) is 0 Å². The molecule has 1 aliphatic carbocycles. The van der Waals surface area contributed by atoms with Crippen LogP contribution in [-0.2, 0) is 0 Å². The molecule has 3 heteroatoms. The number of hydrogen-bond acceptors (Lipinski definition) is 2. The highest BCUT2D eigenvalue weighted by Crippen LogP contribution is 2.46. The number of anilines is 1. The number of rotatable bonds is 1. The Morgan fingerprint density at radius 1 is 1.60 bits per heavy atom. The molecule has 0 amide bonds. The molecule has 0 spiro atoms. The quantitative estimate of drug-likeness (QED) is 0.770. The van der Waals surface area contributed by atoms with Gasteiger partial charge in [0.15, 0.2) is 0 Å². The molecule has 0 unspecified atom stereocenters. The van der Waals surface area contributed by atoms with Crippen LogP contribution in [0.3, 0.4) is 0 Å². The molecule has 0 saturated heterocycles. The van der Waals surface area contributed by atoms with Gasteiger partial charge in [-0.05, 0) is 40.8 Å². The molecule has 0 radical (unpaired) electrons. The summed E-state index contributed by atoms with van der Waals surface area (Å²) in [5, 5.41) is 0.918. The van der Waals surface area contributed by atoms with Gasteiger partial charge in [-0.1, -0.05) is 0 Å². The number of halogens is 1. The molecule has 1 aromatic heterocycles. The van der Waals surface area contributed by atoms with E-state index in [0.29, 0.717) is 0 Å². The lowest BCUT2D eigenvalue weighted by Crippen LogP contribution is -1.75. The molecule has 2 rings (SSSR count). The van der Waals surface area contributed by atoms with E-state index in [1.165, 1.54) is 17.7 Å². The van der Waals surface area contributed by atoms with Crippen molar-refractivity contribution in [3.63, 3.8) is 0 Å². The molecule has 1 aliphatic rings. The van der Waals surface area contributed by atoms with Crippen LogP contribution in [-0.4, -0.2) is 0 Å². The van der Waals surface area contributed by atoms with Crippen LogP contribution in [0.15, 0.2) is 10.5 Å². The lowest BCUT2D eigenvalue weighted by atomic mass is 10.3. The second-order valence-corrected chi connectivity index (χ2v) is 4.60. The largest absolute Gasteiger partial charge is 0.390 e. The highest BCUT2D eigenvalue weighted by molar-refractivity contribution is 9.10. The summed E-state index contributed by atoms with van der Waals surface area (Å²) >= 11 is 5.11. The molecular weight excluding hydrogens is 210 g/mol. The Hall–Kier alpha value is -0.0200. The minimum Gasteiger partial charge on any atom is -0.390 e. The number of nitrogen functional groups attached to an aromatic ring is 1. The van der Waals surface area contributed by atoms with Gasteiger partial charge in [0.25, 0.3) is 0 Å². The zero-order valence-electron chi connectivity index (χ0n) is 5.43. The Kier molecular flexibility index (Phi) is 1.49. The monoisotopic (exact) mass is 217 g/mol. The first kappa shape index (κ1) is 6.68. The fourth-order valence-electron chi connectivity index (χ4n) is 0.970. The van der Waals surface area contributed by atoms with E-state index >= 15 is 0 Å². The lowest BCUT2D eigenvalue weighted by Gasteiger charge is -1.83. The van der Waals surface area contributed by atoms with Crippen LogP contribution in [0.4, 0.5) is 5.00 Å². The molecule has 54 valence electrons. The van der Waals surface area contributed by atoms with Crippen LogP contribution in [0.1, 0.15) is 23.6 Å². The van der Waals surface area contributed by atoms with Crippen LogP contribution >= 0.6 is 27.3 Å². The maximum atomic E-state index is 5.68. The molecule has 10 heavy (non-hydrogen) atoms. The van der Waals surface area contributed by atoms with Gasteiger partial charge in [0.05, 0.1) is 4.47 Å². The second-order valence-electron chi connectivity index (χ2n) is 2.64. The fraction of sp³-hybridized carbons (Fsp3) is 0.429. The summed E-state index contributed by atoms with van der Waals surface area (Å²) in [7, 11) is 0. The Balaban J connectivity index is 2.34. The van der Waals surface area contributed by atoms with E-state index in [4.69, 9.17) is 5.73 Å². The predicted molar refractivity (Wildman–Crippen MR) is 48.4 cm³/mol. The Morgan fingerprint density at radius 2 is 2.30 bits per heavy atom. The molecule has 0 atom stereocenters. The van der Waals surface area contributed by atoms with Gasteiger partial charge in [-0.15, -0.1) is 11.3 Å². The molecule has 2 N–H and O–H groups in total. The van der Waals surface area contributed by atoms with Crippen LogP contribution in [0.25, 0.3) is 0 Å². The van der Waals surface area contributed by atoms with E-state index in [0.717, 1.165) is 15.4 Å². The number of thiophene rings is 1.